The second-order valence-electron chi connectivity index (χ2n) is 8.04. The van der Waals surface area contributed by atoms with Crippen LogP contribution in [0.1, 0.15) is 63.4 Å². The largest absolute Gasteiger partial charge is 0.486 e. The van der Waals surface area contributed by atoms with Crippen LogP contribution < -0.4 is 4.74 Å². The Kier molecular flexibility index (Phi) is 7.66. The predicted octanol–water partition coefficient (Wildman–Crippen LogP) is 6.56. The third-order valence-electron chi connectivity index (χ3n) is 6.24. The van der Waals surface area contributed by atoms with Gasteiger partial charge in [0, 0.05) is 0 Å². The van der Waals surface area contributed by atoms with E-state index in [0.717, 1.165) is 45.1 Å². The van der Waals surface area contributed by atoms with Crippen molar-refractivity contribution in [3.8, 4) is 5.75 Å². The fourth-order valence-corrected chi connectivity index (χ4v) is 4.63. The molecule has 3 rings (SSSR count). The van der Waals surface area contributed by atoms with Crippen molar-refractivity contribution in [3.05, 3.63) is 54.1 Å². The summed E-state index contributed by atoms with van der Waals surface area (Å²) in [6, 6.07) is 3.23. The van der Waals surface area contributed by atoms with Crippen molar-refractivity contribution in [2.24, 2.45) is 11.8 Å². The molecule has 0 aromatic heterocycles. The first-order valence-electron chi connectivity index (χ1n) is 10.6. The van der Waals surface area contributed by atoms with Gasteiger partial charge in [0.25, 0.3) is 0 Å². The van der Waals surface area contributed by atoms with Crippen molar-refractivity contribution in [2.75, 3.05) is 13.2 Å². The van der Waals surface area contributed by atoms with Crippen LogP contribution in [0.3, 0.4) is 0 Å². The molecule has 1 aliphatic heterocycles. The predicted molar refractivity (Wildman–Crippen MR) is 109 cm³/mol. The van der Waals surface area contributed by atoms with Gasteiger partial charge in [0.2, 0.25) is 5.82 Å². The Bertz CT molecular complexity index is 669. The molecule has 0 N–H and O–H groups in total. The zero-order chi connectivity index (χ0) is 19.9. The van der Waals surface area contributed by atoms with Crippen LogP contribution in [-0.2, 0) is 4.74 Å². The molecule has 1 aromatic carbocycles. The Hall–Kier alpha value is -1.68. The number of ether oxygens (including phenoxy) is 2. The van der Waals surface area contributed by atoms with Crippen LogP contribution in [0.15, 0.2) is 36.9 Å². The average molecular weight is 391 g/mol. The molecule has 0 spiro atoms. The Balaban J connectivity index is 1.54. The first-order valence-corrected chi connectivity index (χ1v) is 10.6. The first kappa shape index (κ1) is 21.0. The van der Waals surface area contributed by atoms with Gasteiger partial charge in [-0.15, -0.1) is 0 Å². The zero-order valence-corrected chi connectivity index (χ0v) is 16.8. The Morgan fingerprint density at radius 1 is 1.07 bits per heavy atom. The van der Waals surface area contributed by atoms with Crippen LogP contribution in [0.25, 0.3) is 0 Å². The summed E-state index contributed by atoms with van der Waals surface area (Å²) in [6.45, 7) is 6.66. The molecule has 1 aromatic rings. The van der Waals surface area contributed by atoms with Gasteiger partial charge in [0.15, 0.2) is 11.6 Å². The van der Waals surface area contributed by atoms with Gasteiger partial charge in [-0.25, -0.2) is 4.39 Å². The summed E-state index contributed by atoms with van der Waals surface area (Å²) in [5.41, 5.74) is 0.492. The number of hydrogen-bond acceptors (Lipinski definition) is 2. The molecule has 2 atom stereocenters. The molecule has 1 saturated heterocycles. The lowest BCUT2D eigenvalue weighted by Gasteiger charge is -2.37. The van der Waals surface area contributed by atoms with Gasteiger partial charge in [0.1, 0.15) is 6.61 Å². The number of halogens is 2. The van der Waals surface area contributed by atoms with Crippen molar-refractivity contribution >= 4 is 0 Å². The van der Waals surface area contributed by atoms with Crippen molar-refractivity contribution < 1.29 is 18.3 Å². The van der Waals surface area contributed by atoms with Crippen LogP contribution in [0.5, 0.6) is 5.75 Å². The Morgan fingerprint density at radius 2 is 1.82 bits per heavy atom. The van der Waals surface area contributed by atoms with Crippen molar-refractivity contribution in [2.45, 2.75) is 63.9 Å². The summed E-state index contributed by atoms with van der Waals surface area (Å²) in [6.07, 6.45) is 13.4. The summed E-state index contributed by atoms with van der Waals surface area (Å²) in [7, 11) is 0. The van der Waals surface area contributed by atoms with Gasteiger partial charge >= 0.3 is 0 Å². The van der Waals surface area contributed by atoms with Gasteiger partial charge in [0.05, 0.1) is 12.7 Å². The molecule has 0 bridgehead atoms. The van der Waals surface area contributed by atoms with E-state index in [0.29, 0.717) is 17.4 Å². The summed E-state index contributed by atoms with van der Waals surface area (Å²) in [4.78, 5) is 0. The lowest BCUT2D eigenvalue weighted by atomic mass is 9.72. The quantitative estimate of drug-likeness (QED) is 0.491. The van der Waals surface area contributed by atoms with E-state index in [1.807, 2.05) is 0 Å². The van der Waals surface area contributed by atoms with Crippen LogP contribution >= 0.6 is 0 Å². The van der Waals surface area contributed by atoms with E-state index in [-0.39, 0.29) is 24.4 Å². The lowest BCUT2D eigenvalue weighted by molar-refractivity contribution is -0.0150. The van der Waals surface area contributed by atoms with E-state index < -0.39 is 11.6 Å². The fourth-order valence-electron chi connectivity index (χ4n) is 4.63. The van der Waals surface area contributed by atoms with Crippen molar-refractivity contribution in [3.63, 3.8) is 0 Å². The Labute approximate surface area is 167 Å². The maximum absolute atomic E-state index is 14.6. The minimum atomic E-state index is -0.881. The van der Waals surface area contributed by atoms with Crippen LogP contribution in [0.2, 0.25) is 0 Å². The number of hydrogen-bond donors (Lipinski definition) is 0. The zero-order valence-electron chi connectivity index (χ0n) is 16.8. The highest BCUT2D eigenvalue weighted by Gasteiger charge is 2.32. The third-order valence-corrected chi connectivity index (χ3v) is 6.24. The van der Waals surface area contributed by atoms with Crippen LogP contribution in [0, 0.1) is 23.5 Å². The van der Waals surface area contributed by atoms with Gasteiger partial charge in [-0.1, -0.05) is 37.8 Å². The monoisotopic (exact) mass is 390 g/mol. The maximum atomic E-state index is 14.6. The topological polar surface area (TPSA) is 18.5 Å². The molecule has 154 valence electrons. The molecule has 0 radical (unpaired) electrons. The Morgan fingerprint density at radius 3 is 2.46 bits per heavy atom. The molecule has 4 heteroatoms. The van der Waals surface area contributed by atoms with Crippen LogP contribution in [0.4, 0.5) is 8.78 Å². The first-order chi connectivity index (χ1) is 13.6. The minimum Gasteiger partial charge on any atom is -0.486 e. The molecule has 0 amide bonds. The maximum Gasteiger partial charge on any atom is 0.200 e. The van der Waals surface area contributed by atoms with E-state index >= 15 is 0 Å². The standard InChI is InChI=1S/C24H32F2O2/c1-3-5-6-20-12-11-19(16-28-20)17-7-9-18(10-8-17)21-13-14-22(27-15-4-2)24(26)23(21)25/h4-6,13-14,17-20H,2-3,7-12,15-16H2,1H3. The molecule has 2 nitrogen and oxygen atoms in total. The summed E-state index contributed by atoms with van der Waals surface area (Å²) in [5, 5.41) is 0. The van der Waals surface area contributed by atoms with E-state index in [9.17, 15) is 8.78 Å². The fraction of sp³-hybridized carbons (Fsp3) is 0.583. The summed E-state index contributed by atoms with van der Waals surface area (Å²) in [5.74, 6) is -0.353. The van der Waals surface area contributed by atoms with E-state index in [4.69, 9.17) is 9.47 Å². The molecule has 2 aliphatic rings. The molecular weight excluding hydrogens is 358 g/mol. The number of rotatable bonds is 7. The molecule has 28 heavy (non-hydrogen) atoms. The van der Waals surface area contributed by atoms with Gasteiger partial charge in [-0.3, -0.25) is 0 Å². The molecule has 1 aliphatic carbocycles. The molecule has 1 saturated carbocycles. The smallest absolute Gasteiger partial charge is 0.200 e. The highest BCUT2D eigenvalue weighted by molar-refractivity contribution is 5.33. The highest BCUT2D eigenvalue weighted by Crippen LogP contribution is 2.42. The normalized spacial score (nSPS) is 28.4. The van der Waals surface area contributed by atoms with Crippen molar-refractivity contribution in [1.29, 1.82) is 0 Å². The van der Waals surface area contributed by atoms with Gasteiger partial charge in [-0.05, 0) is 74.3 Å². The number of allylic oxidation sites excluding steroid dienone is 1. The second kappa shape index (κ2) is 10.2. The van der Waals surface area contributed by atoms with Gasteiger partial charge in [-0.2, -0.15) is 4.39 Å². The molecule has 2 unspecified atom stereocenters. The second-order valence-corrected chi connectivity index (χ2v) is 8.04. The lowest BCUT2D eigenvalue weighted by Crippen LogP contribution is -2.31. The van der Waals surface area contributed by atoms with Crippen molar-refractivity contribution in [1.82, 2.24) is 0 Å². The van der Waals surface area contributed by atoms with Crippen LogP contribution in [-0.4, -0.2) is 19.3 Å². The molecular formula is C24H32F2O2. The summed E-state index contributed by atoms with van der Waals surface area (Å²) < 4.78 is 40.0. The molecule has 1 heterocycles. The van der Waals surface area contributed by atoms with E-state index in [2.05, 4.69) is 25.7 Å². The molecule has 2 fully saturated rings. The average Bonchev–Trinajstić information content (AvgIpc) is 2.74. The van der Waals surface area contributed by atoms with Gasteiger partial charge < -0.3 is 9.47 Å². The number of benzene rings is 1. The highest BCUT2D eigenvalue weighted by atomic mass is 19.2. The van der Waals surface area contributed by atoms with E-state index in [1.54, 1.807) is 12.1 Å². The SMILES string of the molecule is C=CCOc1ccc(C2CCC(C3CCC(C=CCC)OC3)CC2)c(F)c1F. The van der Waals surface area contributed by atoms with E-state index in [1.165, 1.54) is 12.5 Å². The summed E-state index contributed by atoms with van der Waals surface area (Å²) >= 11 is 0. The minimum absolute atomic E-state index is 0.0409. The third kappa shape index (κ3) is 5.02.